The van der Waals surface area contributed by atoms with Crippen molar-refractivity contribution < 1.29 is 9.53 Å². The molecule has 0 amide bonds. The van der Waals surface area contributed by atoms with Gasteiger partial charge in [0, 0.05) is 10.3 Å². The number of rotatable bonds is 5. The number of thiophene rings is 1. The highest BCUT2D eigenvalue weighted by Gasteiger charge is 2.10. The molecule has 1 aromatic carbocycles. The molecule has 1 heterocycles. The Morgan fingerprint density at radius 2 is 2.06 bits per heavy atom. The van der Waals surface area contributed by atoms with E-state index in [4.69, 9.17) is 4.74 Å². The molecule has 0 bridgehead atoms. The minimum absolute atomic E-state index is 0.220. The zero-order chi connectivity index (χ0) is 12.8. The Kier molecular flexibility index (Phi) is 4.53. The van der Waals surface area contributed by atoms with E-state index in [1.165, 1.54) is 0 Å². The maximum atomic E-state index is 11.7. The fraction of sp³-hybridized carbons (Fsp3) is 0.267. The third kappa shape index (κ3) is 3.20. The minimum Gasteiger partial charge on any atom is -0.462 e. The smallest absolute Gasteiger partial charge is 0.338 e. The van der Waals surface area contributed by atoms with Gasteiger partial charge in [-0.15, -0.1) is 11.3 Å². The number of benzene rings is 1. The van der Waals surface area contributed by atoms with Gasteiger partial charge in [0.05, 0.1) is 12.2 Å². The largest absolute Gasteiger partial charge is 0.462 e. The van der Waals surface area contributed by atoms with Crippen molar-refractivity contribution in [1.82, 2.24) is 0 Å². The van der Waals surface area contributed by atoms with Gasteiger partial charge in [0.2, 0.25) is 0 Å². The molecule has 0 N–H and O–H groups in total. The molecule has 0 saturated carbocycles. The number of carbonyl (C=O) groups excluding carboxylic acids is 1. The summed E-state index contributed by atoms with van der Waals surface area (Å²) in [5, 5.41) is 1.86. The van der Waals surface area contributed by atoms with Gasteiger partial charge in [0.25, 0.3) is 0 Å². The van der Waals surface area contributed by atoms with Crippen LogP contribution in [-0.2, 0) is 4.74 Å². The van der Waals surface area contributed by atoms with E-state index in [9.17, 15) is 4.79 Å². The Morgan fingerprint density at radius 1 is 1.28 bits per heavy atom. The molecule has 3 heteroatoms. The zero-order valence-corrected chi connectivity index (χ0v) is 11.2. The summed E-state index contributed by atoms with van der Waals surface area (Å²) in [5.41, 5.74) is 1.78. The fourth-order valence-corrected chi connectivity index (χ4v) is 2.47. The first-order valence-electron chi connectivity index (χ1n) is 6.12. The minimum atomic E-state index is -0.220. The van der Waals surface area contributed by atoms with Crippen LogP contribution in [0.1, 0.15) is 30.1 Å². The number of hydrogen-bond donors (Lipinski definition) is 0. The van der Waals surface area contributed by atoms with Crippen LogP contribution in [0.15, 0.2) is 41.8 Å². The second-order valence-electron chi connectivity index (χ2n) is 4.06. The molecule has 2 rings (SSSR count). The van der Waals surface area contributed by atoms with E-state index in [0.29, 0.717) is 12.2 Å². The molecule has 0 aliphatic rings. The average Bonchev–Trinajstić information content (AvgIpc) is 2.89. The summed E-state index contributed by atoms with van der Waals surface area (Å²) >= 11 is 1.57. The third-order valence-corrected chi connectivity index (χ3v) is 3.60. The Bertz CT molecular complexity index is 502. The lowest BCUT2D eigenvalue weighted by atomic mass is 10.2. The van der Waals surface area contributed by atoms with Gasteiger partial charge >= 0.3 is 5.97 Å². The summed E-state index contributed by atoms with van der Waals surface area (Å²) in [5.74, 6) is -0.220. The quantitative estimate of drug-likeness (QED) is 0.589. The standard InChI is InChI=1S/C15H16O2S/c1-2-3-9-17-15(16)13-10-14(18-11-13)12-7-5-4-6-8-12/h4-8,10-11H,2-3,9H2,1H3. The second kappa shape index (κ2) is 6.36. The van der Waals surface area contributed by atoms with Crippen LogP contribution in [0.3, 0.4) is 0 Å². The zero-order valence-electron chi connectivity index (χ0n) is 10.4. The van der Waals surface area contributed by atoms with E-state index in [1.54, 1.807) is 11.3 Å². The van der Waals surface area contributed by atoms with Crippen LogP contribution in [-0.4, -0.2) is 12.6 Å². The van der Waals surface area contributed by atoms with Crippen molar-refractivity contribution in [3.8, 4) is 10.4 Å². The molecule has 0 fully saturated rings. The monoisotopic (exact) mass is 260 g/mol. The van der Waals surface area contributed by atoms with Gasteiger partial charge in [-0.2, -0.15) is 0 Å². The van der Waals surface area contributed by atoms with Crippen molar-refractivity contribution >= 4 is 17.3 Å². The molecule has 0 unspecified atom stereocenters. The van der Waals surface area contributed by atoms with Gasteiger partial charge in [0.1, 0.15) is 0 Å². The van der Waals surface area contributed by atoms with Crippen LogP contribution < -0.4 is 0 Å². The van der Waals surface area contributed by atoms with Crippen LogP contribution in [0.2, 0.25) is 0 Å². The highest BCUT2D eigenvalue weighted by atomic mass is 32.1. The Labute approximate surface area is 111 Å². The number of unbranched alkanes of at least 4 members (excludes halogenated alkanes) is 1. The molecule has 0 spiro atoms. The van der Waals surface area contributed by atoms with Crippen molar-refractivity contribution in [3.05, 3.63) is 47.3 Å². The Morgan fingerprint density at radius 3 is 2.78 bits per heavy atom. The number of esters is 1. The van der Waals surface area contributed by atoms with Gasteiger partial charge in [0.15, 0.2) is 0 Å². The highest BCUT2D eigenvalue weighted by molar-refractivity contribution is 7.13. The molecule has 0 radical (unpaired) electrons. The maximum absolute atomic E-state index is 11.7. The maximum Gasteiger partial charge on any atom is 0.338 e. The number of ether oxygens (including phenoxy) is 1. The van der Waals surface area contributed by atoms with E-state index < -0.39 is 0 Å². The molecule has 1 aromatic heterocycles. The predicted molar refractivity (Wildman–Crippen MR) is 74.9 cm³/mol. The van der Waals surface area contributed by atoms with Crippen LogP contribution in [0, 0.1) is 0 Å². The lowest BCUT2D eigenvalue weighted by molar-refractivity contribution is 0.0500. The van der Waals surface area contributed by atoms with Crippen molar-refractivity contribution in [3.63, 3.8) is 0 Å². The van der Waals surface area contributed by atoms with E-state index >= 15 is 0 Å². The average molecular weight is 260 g/mol. The third-order valence-electron chi connectivity index (χ3n) is 2.62. The molecule has 18 heavy (non-hydrogen) atoms. The molecular formula is C15H16O2S. The topological polar surface area (TPSA) is 26.3 Å². The summed E-state index contributed by atoms with van der Waals surface area (Å²) < 4.78 is 5.19. The van der Waals surface area contributed by atoms with Gasteiger partial charge in [-0.1, -0.05) is 43.7 Å². The van der Waals surface area contributed by atoms with Crippen LogP contribution >= 0.6 is 11.3 Å². The summed E-state index contributed by atoms with van der Waals surface area (Å²) in [7, 11) is 0. The molecule has 0 aliphatic heterocycles. The van der Waals surface area contributed by atoms with Crippen molar-refractivity contribution in [2.24, 2.45) is 0 Å². The van der Waals surface area contributed by atoms with E-state index in [0.717, 1.165) is 23.3 Å². The van der Waals surface area contributed by atoms with Gasteiger partial charge < -0.3 is 4.74 Å². The molecule has 0 atom stereocenters. The summed E-state index contributed by atoms with van der Waals surface area (Å²) in [6.07, 6.45) is 1.95. The van der Waals surface area contributed by atoms with Crippen LogP contribution in [0.4, 0.5) is 0 Å². The van der Waals surface area contributed by atoms with Crippen molar-refractivity contribution in [1.29, 1.82) is 0 Å². The molecule has 2 aromatic rings. The predicted octanol–water partition coefficient (Wildman–Crippen LogP) is 4.37. The Hall–Kier alpha value is -1.61. The summed E-state index contributed by atoms with van der Waals surface area (Å²) in [6, 6.07) is 11.9. The highest BCUT2D eigenvalue weighted by Crippen LogP contribution is 2.27. The van der Waals surface area contributed by atoms with Crippen LogP contribution in [0.25, 0.3) is 10.4 Å². The molecule has 94 valence electrons. The van der Waals surface area contributed by atoms with Gasteiger partial charge in [-0.05, 0) is 18.1 Å². The van der Waals surface area contributed by atoms with Crippen LogP contribution in [0.5, 0.6) is 0 Å². The fourth-order valence-electron chi connectivity index (χ4n) is 1.59. The molecule has 0 saturated heterocycles. The first-order chi connectivity index (χ1) is 8.81. The number of hydrogen-bond acceptors (Lipinski definition) is 3. The SMILES string of the molecule is CCCCOC(=O)c1csc(-c2ccccc2)c1. The van der Waals surface area contributed by atoms with Crippen molar-refractivity contribution in [2.45, 2.75) is 19.8 Å². The second-order valence-corrected chi connectivity index (χ2v) is 4.97. The van der Waals surface area contributed by atoms with Crippen molar-refractivity contribution in [2.75, 3.05) is 6.61 Å². The summed E-state index contributed by atoms with van der Waals surface area (Å²) in [4.78, 5) is 12.8. The Balaban J connectivity index is 2.04. The number of carbonyl (C=O) groups is 1. The first-order valence-corrected chi connectivity index (χ1v) is 7.00. The van der Waals surface area contributed by atoms with E-state index in [2.05, 4.69) is 6.92 Å². The lowest BCUT2D eigenvalue weighted by Crippen LogP contribution is -2.04. The van der Waals surface area contributed by atoms with Gasteiger partial charge in [-0.25, -0.2) is 4.79 Å². The van der Waals surface area contributed by atoms with E-state index in [-0.39, 0.29) is 5.97 Å². The molecule has 2 nitrogen and oxygen atoms in total. The molecular weight excluding hydrogens is 244 g/mol. The summed E-state index contributed by atoms with van der Waals surface area (Å²) in [6.45, 7) is 2.58. The normalized spacial score (nSPS) is 10.3. The van der Waals surface area contributed by atoms with E-state index in [1.807, 2.05) is 41.8 Å². The lowest BCUT2D eigenvalue weighted by Gasteiger charge is -2.01. The first kappa shape index (κ1) is 12.8. The molecule has 0 aliphatic carbocycles. The van der Waals surface area contributed by atoms with Gasteiger partial charge in [-0.3, -0.25) is 0 Å².